The Balaban J connectivity index is 2.18. The monoisotopic (exact) mass is 277 g/mol. The molecular weight excluding hydrogens is 258 g/mol. The summed E-state index contributed by atoms with van der Waals surface area (Å²) in [7, 11) is 0. The second-order valence-corrected chi connectivity index (χ2v) is 5.53. The van der Waals surface area contributed by atoms with Crippen molar-refractivity contribution in [2.45, 2.75) is 33.4 Å². The van der Waals surface area contributed by atoms with Gasteiger partial charge in [-0.1, -0.05) is 37.3 Å². The number of hydrogen-bond acceptors (Lipinski definition) is 5. The molecule has 1 aromatic carbocycles. The lowest BCUT2D eigenvalue weighted by atomic mass is 10.2. The SMILES string of the molecule is CCOc1ccccc1-c1nnc(CNC(C)C)s1. The average molecular weight is 277 g/mol. The van der Waals surface area contributed by atoms with Crippen LogP contribution in [0, 0.1) is 0 Å². The first-order chi connectivity index (χ1) is 9.20. The van der Waals surface area contributed by atoms with Crippen LogP contribution in [-0.2, 0) is 6.54 Å². The molecule has 0 amide bonds. The van der Waals surface area contributed by atoms with Gasteiger partial charge in [0.15, 0.2) is 5.01 Å². The Morgan fingerprint density at radius 3 is 2.79 bits per heavy atom. The van der Waals surface area contributed by atoms with Crippen LogP contribution in [0.15, 0.2) is 24.3 Å². The van der Waals surface area contributed by atoms with Crippen molar-refractivity contribution >= 4 is 11.3 Å². The van der Waals surface area contributed by atoms with Crippen LogP contribution in [0.1, 0.15) is 25.8 Å². The van der Waals surface area contributed by atoms with Crippen molar-refractivity contribution in [3.05, 3.63) is 29.3 Å². The number of aromatic nitrogens is 2. The van der Waals surface area contributed by atoms with Crippen molar-refractivity contribution in [3.8, 4) is 16.3 Å². The Morgan fingerprint density at radius 1 is 1.26 bits per heavy atom. The zero-order valence-corrected chi connectivity index (χ0v) is 12.3. The summed E-state index contributed by atoms with van der Waals surface area (Å²) in [6.45, 7) is 7.62. The maximum atomic E-state index is 5.62. The number of benzene rings is 1. The third kappa shape index (κ3) is 3.75. The summed E-state index contributed by atoms with van der Waals surface area (Å²) in [6, 6.07) is 8.39. The second kappa shape index (κ2) is 6.63. The minimum absolute atomic E-state index is 0.447. The minimum Gasteiger partial charge on any atom is -0.493 e. The van der Waals surface area contributed by atoms with E-state index in [4.69, 9.17) is 4.74 Å². The Hall–Kier alpha value is -1.46. The Labute approximate surface area is 117 Å². The van der Waals surface area contributed by atoms with E-state index < -0.39 is 0 Å². The van der Waals surface area contributed by atoms with Crippen LogP contribution in [0.25, 0.3) is 10.6 Å². The maximum absolute atomic E-state index is 5.62. The predicted octanol–water partition coefficient (Wildman–Crippen LogP) is 3.10. The summed E-state index contributed by atoms with van der Waals surface area (Å²) in [5.74, 6) is 0.865. The Morgan fingerprint density at radius 2 is 2.05 bits per heavy atom. The Bertz CT molecular complexity index is 525. The van der Waals surface area contributed by atoms with Crippen molar-refractivity contribution in [2.75, 3.05) is 6.61 Å². The third-order valence-corrected chi connectivity index (χ3v) is 3.50. The fourth-order valence-electron chi connectivity index (χ4n) is 1.65. The first kappa shape index (κ1) is 14.0. The fraction of sp³-hybridized carbons (Fsp3) is 0.429. The van der Waals surface area contributed by atoms with Crippen molar-refractivity contribution in [3.63, 3.8) is 0 Å². The van der Waals surface area contributed by atoms with E-state index in [-0.39, 0.29) is 0 Å². The zero-order valence-electron chi connectivity index (χ0n) is 11.5. The molecule has 0 saturated heterocycles. The lowest BCUT2D eigenvalue weighted by molar-refractivity contribution is 0.341. The molecule has 0 spiro atoms. The van der Waals surface area contributed by atoms with Gasteiger partial charge < -0.3 is 10.1 Å². The van der Waals surface area contributed by atoms with E-state index >= 15 is 0 Å². The summed E-state index contributed by atoms with van der Waals surface area (Å²) >= 11 is 1.60. The van der Waals surface area contributed by atoms with Crippen molar-refractivity contribution in [1.82, 2.24) is 15.5 Å². The van der Waals surface area contributed by atoms with Gasteiger partial charge in [-0.05, 0) is 19.1 Å². The van der Waals surface area contributed by atoms with Crippen molar-refractivity contribution in [1.29, 1.82) is 0 Å². The number of nitrogens with one attached hydrogen (secondary N) is 1. The molecule has 19 heavy (non-hydrogen) atoms. The van der Waals surface area contributed by atoms with Crippen LogP contribution < -0.4 is 10.1 Å². The van der Waals surface area contributed by atoms with E-state index in [9.17, 15) is 0 Å². The van der Waals surface area contributed by atoms with Gasteiger partial charge in [0.1, 0.15) is 10.8 Å². The molecule has 102 valence electrons. The highest BCUT2D eigenvalue weighted by Crippen LogP contribution is 2.31. The topological polar surface area (TPSA) is 47.0 Å². The first-order valence-corrected chi connectivity index (χ1v) is 7.30. The van der Waals surface area contributed by atoms with Gasteiger partial charge in [0, 0.05) is 12.6 Å². The molecular formula is C14H19N3OS. The number of ether oxygens (including phenoxy) is 1. The van der Waals surface area contributed by atoms with Gasteiger partial charge in [-0.15, -0.1) is 10.2 Å². The van der Waals surface area contributed by atoms with Gasteiger partial charge in [0.25, 0.3) is 0 Å². The molecule has 5 heteroatoms. The zero-order chi connectivity index (χ0) is 13.7. The number of para-hydroxylation sites is 1. The summed E-state index contributed by atoms with van der Waals surface area (Å²) in [5, 5.41) is 13.7. The molecule has 0 aliphatic carbocycles. The molecule has 0 radical (unpaired) electrons. The first-order valence-electron chi connectivity index (χ1n) is 6.48. The molecule has 2 rings (SSSR count). The van der Waals surface area contributed by atoms with Crippen molar-refractivity contribution < 1.29 is 4.74 Å². The molecule has 0 atom stereocenters. The number of nitrogens with zero attached hydrogens (tertiary/aromatic N) is 2. The van der Waals surface area contributed by atoms with Gasteiger partial charge in [0.2, 0.25) is 0 Å². The van der Waals surface area contributed by atoms with Crippen LogP contribution >= 0.6 is 11.3 Å². The van der Waals surface area contributed by atoms with Gasteiger partial charge in [-0.2, -0.15) is 0 Å². The van der Waals surface area contributed by atoms with Crippen LogP contribution in [0.5, 0.6) is 5.75 Å². The number of hydrogen-bond donors (Lipinski definition) is 1. The van der Waals surface area contributed by atoms with E-state index in [1.807, 2.05) is 31.2 Å². The minimum atomic E-state index is 0.447. The molecule has 0 aliphatic heterocycles. The second-order valence-electron chi connectivity index (χ2n) is 4.47. The smallest absolute Gasteiger partial charge is 0.151 e. The highest BCUT2D eigenvalue weighted by Gasteiger charge is 2.11. The average Bonchev–Trinajstić information content (AvgIpc) is 2.86. The molecule has 1 heterocycles. The van der Waals surface area contributed by atoms with Gasteiger partial charge in [-0.3, -0.25) is 0 Å². The highest BCUT2D eigenvalue weighted by molar-refractivity contribution is 7.14. The van der Waals surface area contributed by atoms with Crippen molar-refractivity contribution in [2.24, 2.45) is 0 Å². The molecule has 1 aromatic heterocycles. The lowest BCUT2D eigenvalue weighted by Gasteiger charge is -2.06. The molecule has 4 nitrogen and oxygen atoms in total. The van der Waals surface area contributed by atoms with Crippen LogP contribution in [0.4, 0.5) is 0 Å². The van der Waals surface area contributed by atoms with E-state index in [0.29, 0.717) is 12.6 Å². The van der Waals surface area contributed by atoms with E-state index in [2.05, 4.69) is 29.4 Å². The summed E-state index contributed by atoms with van der Waals surface area (Å²) in [6.07, 6.45) is 0. The molecule has 0 fully saturated rings. The van der Waals surface area contributed by atoms with Crippen LogP contribution in [0.2, 0.25) is 0 Å². The molecule has 0 aliphatic rings. The normalized spacial score (nSPS) is 10.9. The van der Waals surface area contributed by atoms with E-state index in [1.165, 1.54) is 0 Å². The molecule has 1 N–H and O–H groups in total. The lowest BCUT2D eigenvalue weighted by Crippen LogP contribution is -2.21. The summed E-state index contributed by atoms with van der Waals surface area (Å²) in [5.41, 5.74) is 1.01. The largest absolute Gasteiger partial charge is 0.493 e. The maximum Gasteiger partial charge on any atom is 0.151 e. The van der Waals surface area contributed by atoms with Crippen LogP contribution in [0.3, 0.4) is 0 Å². The summed E-state index contributed by atoms with van der Waals surface area (Å²) < 4.78 is 5.62. The quantitative estimate of drug-likeness (QED) is 0.881. The Kier molecular flexibility index (Phi) is 4.87. The van der Waals surface area contributed by atoms with Gasteiger partial charge >= 0.3 is 0 Å². The van der Waals surface area contributed by atoms with E-state index in [1.54, 1.807) is 11.3 Å². The summed E-state index contributed by atoms with van der Waals surface area (Å²) in [4.78, 5) is 0. The molecule has 0 bridgehead atoms. The molecule has 0 saturated carbocycles. The fourth-order valence-corrected chi connectivity index (χ4v) is 2.47. The van der Waals surface area contributed by atoms with Gasteiger partial charge in [-0.25, -0.2) is 0 Å². The highest BCUT2D eigenvalue weighted by atomic mass is 32.1. The van der Waals surface area contributed by atoms with Crippen LogP contribution in [-0.4, -0.2) is 22.8 Å². The third-order valence-electron chi connectivity index (χ3n) is 2.55. The standard InChI is InChI=1S/C14H19N3OS/c1-4-18-12-8-6-5-7-11(12)14-17-16-13(19-14)9-15-10(2)3/h5-8,10,15H,4,9H2,1-3H3. The number of rotatable bonds is 6. The molecule has 2 aromatic rings. The molecule has 0 unspecified atom stereocenters. The predicted molar refractivity (Wildman–Crippen MR) is 78.5 cm³/mol. The van der Waals surface area contributed by atoms with E-state index in [0.717, 1.165) is 27.9 Å². The van der Waals surface area contributed by atoms with Gasteiger partial charge in [0.05, 0.1) is 12.2 Å².